The molecule has 0 rings (SSSR count). The van der Waals surface area contributed by atoms with Crippen LogP contribution in [-0.2, 0) is 0 Å². The molecule has 0 fully saturated rings. The monoisotopic (exact) mass is 152 g/mol. The molecule has 2 atom stereocenters. The Balaban J connectivity index is 0. The molecule has 0 radical (unpaired) electrons. The molecule has 10 heavy (non-hydrogen) atoms. The lowest BCUT2D eigenvalue weighted by molar-refractivity contribution is 0.352. The van der Waals surface area contributed by atoms with Gasteiger partial charge in [-0.1, -0.05) is 13.8 Å². The summed E-state index contributed by atoms with van der Waals surface area (Å²) >= 11 is 0. The molecule has 0 saturated carbocycles. The number of hydrogen-bond donors (Lipinski definition) is 0. The summed E-state index contributed by atoms with van der Waals surface area (Å²) in [4.78, 5) is 0. The maximum absolute atomic E-state index is 11.4. The van der Waals surface area contributed by atoms with Crippen LogP contribution in [0.2, 0.25) is 0 Å². The van der Waals surface area contributed by atoms with Crippen LogP contribution in [0.15, 0.2) is 0 Å². The summed E-state index contributed by atoms with van der Waals surface area (Å²) in [5, 5.41) is 0. The van der Waals surface area contributed by atoms with E-state index in [1.165, 1.54) is 0 Å². The van der Waals surface area contributed by atoms with E-state index in [0.29, 0.717) is 12.8 Å². The summed E-state index contributed by atoms with van der Waals surface area (Å²) in [6.07, 6.45) is 0.0463. The molecule has 64 valence electrons. The predicted octanol–water partition coefficient (Wildman–Crippen LogP) is 3.51. The summed E-state index contributed by atoms with van der Waals surface area (Å²) < 4.78 is 22.9. The van der Waals surface area contributed by atoms with Gasteiger partial charge in [-0.2, -0.15) is 0 Å². The standard InChI is InChI=1S/2C4H9F/c2*1-3-4(2)5/h2*4H,3H2,1-2H3. The summed E-state index contributed by atoms with van der Waals surface area (Å²) in [5.74, 6) is 0. The molecule has 0 aromatic carbocycles. The van der Waals surface area contributed by atoms with E-state index >= 15 is 0 Å². The summed E-state index contributed by atoms with van der Waals surface area (Å²) in [5.41, 5.74) is 0. The smallest absolute Gasteiger partial charge is 0.0971 e. The van der Waals surface area contributed by atoms with Gasteiger partial charge in [-0.25, -0.2) is 8.78 Å². The Morgan fingerprint density at radius 3 is 1.00 bits per heavy atom. The molecule has 0 bridgehead atoms. The summed E-state index contributed by atoms with van der Waals surface area (Å²) in [6.45, 7) is 6.76. The molecule has 0 saturated heterocycles. The van der Waals surface area contributed by atoms with Crippen molar-refractivity contribution in [2.24, 2.45) is 0 Å². The van der Waals surface area contributed by atoms with Gasteiger partial charge in [-0.15, -0.1) is 0 Å². The van der Waals surface area contributed by atoms with Crippen molar-refractivity contribution in [2.45, 2.75) is 52.9 Å². The molecule has 0 aliphatic carbocycles. The zero-order valence-corrected chi connectivity index (χ0v) is 7.32. The van der Waals surface area contributed by atoms with E-state index in [1.54, 1.807) is 13.8 Å². The van der Waals surface area contributed by atoms with Gasteiger partial charge in [-0.05, 0) is 26.7 Å². The SMILES string of the molecule is CCC(C)F.CCC(C)F. The molecule has 0 nitrogen and oxygen atoms in total. The molecule has 0 aromatic heterocycles. The Hall–Kier alpha value is -0.140. The van der Waals surface area contributed by atoms with E-state index in [9.17, 15) is 8.78 Å². The number of alkyl halides is 2. The minimum atomic E-state index is -0.616. The van der Waals surface area contributed by atoms with Gasteiger partial charge in [0.25, 0.3) is 0 Å². The van der Waals surface area contributed by atoms with Crippen molar-refractivity contribution < 1.29 is 8.78 Å². The number of hydrogen-bond acceptors (Lipinski definition) is 0. The minimum absolute atomic E-state index is 0.616. The van der Waals surface area contributed by atoms with Crippen molar-refractivity contribution in [1.29, 1.82) is 0 Å². The normalized spacial score (nSPS) is 15.0. The van der Waals surface area contributed by atoms with Gasteiger partial charge >= 0.3 is 0 Å². The third-order valence-electron chi connectivity index (χ3n) is 1.13. The second-order valence-corrected chi connectivity index (χ2v) is 2.38. The minimum Gasteiger partial charge on any atom is -0.248 e. The molecular formula is C8H18F2. The predicted molar refractivity (Wildman–Crippen MR) is 41.7 cm³/mol. The van der Waals surface area contributed by atoms with Gasteiger partial charge < -0.3 is 0 Å². The summed E-state index contributed by atoms with van der Waals surface area (Å²) in [6, 6.07) is 0. The van der Waals surface area contributed by atoms with Gasteiger partial charge in [0, 0.05) is 0 Å². The van der Waals surface area contributed by atoms with E-state index in [1.807, 2.05) is 13.8 Å². The first-order valence-corrected chi connectivity index (χ1v) is 3.82. The third kappa shape index (κ3) is 24.8. The van der Waals surface area contributed by atoms with E-state index < -0.39 is 12.3 Å². The average molecular weight is 152 g/mol. The Morgan fingerprint density at radius 2 is 1.00 bits per heavy atom. The van der Waals surface area contributed by atoms with Crippen LogP contribution in [0.4, 0.5) is 8.78 Å². The van der Waals surface area contributed by atoms with Crippen LogP contribution < -0.4 is 0 Å². The van der Waals surface area contributed by atoms with Crippen molar-refractivity contribution in [1.82, 2.24) is 0 Å². The molecular weight excluding hydrogens is 134 g/mol. The fourth-order valence-corrected chi connectivity index (χ4v) is 0. The lowest BCUT2D eigenvalue weighted by Crippen LogP contribution is -1.83. The molecule has 0 aliphatic rings. The number of rotatable bonds is 2. The fraction of sp³-hybridized carbons (Fsp3) is 1.00. The van der Waals surface area contributed by atoms with E-state index in [0.717, 1.165) is 0 Å². The molecule has 0 N–H and O–H groups in total. The highest BCUT2D eigenvalue weighted by molar-refractivity contribution is 4.35. The van der Waals surface area contributed by atoms with Crippen LogP contribution in [0.25, 0.3) is 0 Å². The van der Waals surface area contributed by atoms with Gasteiger partial charge in [0.1, 0.15) is 0 Å². The van der Waals surface area contributed by atoms with Crippen LogP contribution in [0.5, 0.6) is 0 Å². The molecule has 0 aromatic rings. The molecule has 0 spiro atoms. The van der Waals surface area contributed by atoms with Crippen molar-refractivity contribution in [3.8, 4) is 0 Å². The van der Waals surface area contributed by atoms with Crippen LogP contribution >= 0.6 is 0 Å². The molecule has 0 amide bonds. The highest BCUT2D eigenvalue weighted by Gasteiger charge is 1.85. The third-order valence-corrected chi connectivity index (χ3v) is 1.13. The van der Waals surface area contributed by atoms with Crippen molar-refractivity contribution in [3.63, 3.8) is 0 Å². The van der Waals surface area contributed by atoms with Crippen LogP contribution in [0, 0.1) is 0 Å². The quantitative estimate of drug-likeness (QED) is 0.568. The highest BCUT2D eigenvalue weighted by atomic mass is 19.1. The topological polar surface area (TPSA) is 0 Å². The zero-order valence-electron chi connectivity index (χ0n) is 7.32. The Labute approximate surface area is 62.6 Å². The second-order valence-electron chi connectivity index (χ2n) is 2.38. The first kappa shape index (κ1) is 12.5. The molecule has 2 heteroatoms. The van der Waals surface area contributed by atoms with E-state index in [2.05, 4.69) is 0 Å². The van der Waals surface area contributed by atoms with Gasteiger partial charge in [0.2, 0.25) is 0 Å². The van der Waals surface area contributed by atoms with Gasteiger partial charge in [0.05, 0.1) is 12.3 Å². The first-order chi connectivity index (χ1) is 4.54. The lowest BCUT2D eigenvalue weighted by atomic mass is 10.4. The Kier molecular flexibility index (Phi) is 11.1. The fourth-order valence-electron chi connectivity index (χ4n) is 0. The highest BCUT2D eigenvalue weighted by Crippen LogP contribution is 1.90. The Morgan fingerprint density at radius 1 is 0.900 bits per heavy atom. The zero-order chi connectivity index (χ0) is 8.57. The first-order valence-electron chi connectivity index (χ1n) is 3.82. The maximum atomic E-state index is 11.4. The molecule has 0 heterocycles. The van der Waals surface area contributed by atoms with Crippen molar-refractivity contribution >= 4 is 0 Å². The largest absolute Gasteiger partial charge is 0.248 e. The van der Waals surface area contributed by atoms with Crippen LogP contribution in [-0.4, -0.2) is 12.3 Å². The van der Waals surface area contributed by atoms with Crippen LogP contribution in [0.1, 0.15) is 40.5 Å². The van der Waals surface area contributed by atoms with E-state index in [4.69, 9.17) is 0 Å². The molecule has 2 unspecified atom stereocenters. The Bertz CT molecular complexity index is 43.2. The van der Waals surface area contributed by atoms with Crippen molar-refractivity contribution in [2.75, 3.05) is 0 Å². The van der Waals surface area contributed by atoms with E-state index in [-0.39, 0.29) is 0 Å². The second kappa shape index (κ2) is 8.86. The summed E-state index contributed by atoms with van der Waals surface area (Å²) in [7, 11) is 0. The van der Waals surface area contributed by atoms with Gasteiger partial charge in [0.15, 0.2) is 0 Å². The van der Waals surface area contributed by atoms with Crippen molar-refractivity contribution in [3.05, 3.63) is 0 Å². The van der Waals surface area contributed by atoms with Crippen LogP contribution in [0.3, 0.4) is 0 Å². The van der Waals surface area contributed by atoms with Gasteiger partial charge in [-0.3, -0.25) is 0 Å². The number of halogens is 2. The maximum Gasteiger partial charge on any atom is 0.0971 e. The molecule has 0 aliphatic heterocycles. The average Bonchev–Trinajstić information content (AvgIpc) is 1.89. The lowest BCUT2D eigenvalue weighted by Gasteiger charge is -1.86.